The summed E-state index contributed by atoms with van der Waals surface area (Å²) in [6.07, 6.45) is 3.03. The zero-order valence-electron chi connectivity index (χ0n) is 12.8. The fourth-order valence-corrected chi connectivity index (χ4v) is 2.76. The van der Waals surface area contributed by atoms with Crippen molar-refractivity contribution in [1.29, 1.82) is 0 Å². The highest BCUT2D eigenvalue weighted by Gasteiger charge is 2.22. The largest absolute Gasteiger partial charge is 0.338 e. The van der Waals surface area contributed by atoms with Gasteiger partial charge in [0, 0.05) is 26.2 Å². The first-order chi connectivity index (χ1) is 10.2. The molecule has 21 heavy (non-hydrogen) atoms. The lowest BCUT2D eigenvalue weighted by atomic mass is 10.1. The maximum absolute atomic E-state index is 11.4. The van der Waals surface area contributed by atoms with E-state index in [-0.39, 0.29) is 6.03 Å². The second-order valence-electron chi connectivity index (χ2n) is 5.58. The van der Waals surface area contributed by atoms with Gasteiger partial charge in [-0.1, -0.05) is 36.9 Å². The molecule has 1 saturated heterocycles. The first-order valence-electron chi connectivity index (χ1n) is 7.66. The second-order valence-corrected chi connectivity index (χ2v) is 5.58. The lowest BCUT2D eigenvalue weighted by molar-refractivity contribution is 0.239. The number of amides is 2. The predicted molar refractivity (Wildman–Crippen MR) is 87.0 cm³/mol. The summed E-state index contributed by atoms with van der Waals surface area (Å²) >= 11 is 0. The minimum atomic E-state index is -0.0605. The van der Waals surface area contributed by atoms with Crippen LogP contribution in [-0.2, 0) is 6.54 Å². The van der Waals surface area contributed by atoms with Gasteiger partial charge in [-0.2, -0.15) is 0 Å². The molecule has 1 atom stereocenters. The van der Waals surface area contributed by atoms with Gasteiger partial charge < -0.3 is 10.6 Å². The SMILES string of the molecule is C=Cc1cccc(CN2CC[C@H](CNC(=O)NCC)C2)c1. The molecule has 4 heteroatoms. The Morgan fingerprint density at radius 1 is 1.48 bits per heavy atom. The van der Waals surface area contributed by atoms with E-state index < -0.39 is 0 Å². The number of carbonyl (C=O) groups is 1. The zero-order chi connectivity index (χ0) is 15.1. The van der Waals surface area contributed by atoms with E-state index in [0.717, 1.165) is 32.6 Å². The molecule has 1 heterocycles. The summed E-state index contributed by atoms with van der Waals surface area (Å²) in [5, 5.41) is 5.70. The van der Waals surface area contributed by atoms with Crippen LogP contribution in [0.5, 0.6) is 0 Å². The smallest absolute Gasteiger partial charge is 0.314 e. The minimum Gasteiger partial charge on any atom is -0.338 e. The highest BCUT2D eigenvalue weighted by molar-refractivity contribution is 5.73. The highest BCUT2D eigenvalue weighted by atomic mass is 16.2. The molecule has 0 aromatic heterocycles. The molecule has 2 rings (SSSR count). The quantitative estimate of drug-likeness (QED) is 0.844. The molecule has 1 aliphatic rings. The van der Waals surface area contributed by atoms with Crippen molar-refractivity contribution in [3.05, 3.63) is 42.0 Å². The zero-order valence-corrected chi connectivity index (χ0v) is 12.8. The van der Waals surface area contributed by atoms with E-state index >= 15 is 0 Å². The van der Waals surface area contributed by atoms with E-state index in [4.69, 9.17) is 0 Å². The molecule has 1 fully saturated rings. The number of hydrogen-bond acceptors (Lipinski definition) is 2. The summed E-state index contributed by atoms with van der Waals surface area (Å²) in [5.74, 6) is 0.551. The van der Waals surface area contributed by atoms with Gasteiger partial charge in [-0.15, -0.1) is 0 Å². The van der Waals surface area contributed by atoms with Gasteiger partial charge in [-0.05, 0) is 36.9 Å². The van der Waals surface area contributed by atoms with Crippen LogP contribution in [0.3, 0.4) is 0 Å². The number of hydrogen-bond donors (Lipinski definition) is 2. The van der Waals surface area contributed by atoms with E-state index in [1.165, 1.54) is 11.1 Å². The summed E-state index contributed by atoms with van der Waals surface area (Å²) in [6, 6.07) is 8.44. The van der Waals surface area contributed by atoms with Crippen molar-refractivity contribution in [3.8, 4) is 0 Å². The molecule has 1 aromatic carbocycles. The van der Waals surface area contributed by atoms with Gasteiger partial charge in [0.2, 0.25) is 0 Å². The van der Waals surface area contributed by atoms with Gasteiger partial charge in [0.15, 0.2) is 0 Å². The maximum Gasteiger partial charge on any atom is 0.314 e. The molecule has 2 amide bonds. The van der Waals surface area contributed by atoms with Gasteiger partial charge in [-0.25, -0.2) is 4.79 Å². The molecule has 0 unspecified atom stereocenters. The molecule has 0 bridgehead atoms. The Labute approximate surface area is 127 Å². The van der Waals surface area contributed by atoms with Crippen LogP contribution in [0, 0.1) is 5.92 Å². The van der Waals surface area contributed by atoms with Crippen molar-refractivity contribution in [3.63, 3.8) is 0 Å². The van der Waals surface area contributed by atoms with Gasteiger partial charge in [0.25, 0.3) is 0 Å². The van der Waals surface area contributed by atoms with Crippen molar-refractivity contribution >= 4 is 12.1 Å². The average molecular weight is 287 g/mol. The third-order valence-corrected chi connectivity index (χ3v) is 3.85. The third-order valence-electron chi connectivity index (χ3n) is 3.85. The van der Waals surface area contributed by atoms with Crippen LogP contribution < -0.4 is 10.6 Å². The van der Waals surface area contributed by atoms with E-state index in [0.29, 0.717) is 12.5 Å². The van der Waals surface area contributed by atoms with Crippen LogP contribution in [0.25, 0.3) is 6.08 Å². The molecule has 2 N–H and O–H groups in total. The molecule has 1 aliphatic heterocycles. The van der Waals surface area contributed by atoms with Gasteiger partial charge >= 0.3 is 6.03 Å². The van der Waals surface area contributed by atoms with Crippen LogP contribution in [-0.4, -0.2) is 37.1 Å². The van der Waals surface area contributed by atoms with Crippen LogP contribution in [0.4, 0.5) is 4.79 Å². The Bertz CT molecular complexity index is 487. The molecule has 0 aliphatic carbocycles. The Morgan fingerprint density at radius 3 is 3.10 bits per heavy atom. The van der Waals surface area contributed by atoms with E-state index in [2.05, 4.69) is 46.4 Å². The van der Waals surface area contributed by atoms with Crippen LogP contribution in [0.2, 0.25) is 0 Å². The molecule has 0 radical (unpaired) electrons. The van der Waals surface area contributed by atoms with Crippen molar-refractivity contribution in [1.82, 2.24) is 15.5 Å². The van der Waals surface area contributed by atoms with E-state index in [1.54, 1.807) is 0 Å². The minimum absolute atomic E-state index is 0.0605. The van der Waals surface area contributed by atoms with Crippen LogP contribution in [0.1, 0.15) is 24.5 Å². The number of nitrogens with zero attached hydrogens (tertiary/aromatic N) is 1. The molecule has 0 spiro atoms. The summed E-state index contributed by atoms with van der Waals surface area (Å²) in [6.45, 7) is 10.3. The van der Waals surface area contributed by atoms with Gasteiger partial charge in [0.05, 0.1) is 0 Å². The second kappa shape index (κ2) is 7.84. The first-order valence-corrected chi connectivity index (χ1v) is 7.66. The Balaban J connectivity index is 1.77. The van der Waals surface area contributed by atoms with Crippen LogP contribution >= 0.6 is 0 Å². The topological polar surface area (TPSA) is 44.4 Å². The number of urea groups is 1. The highest BCUT2D eigenvalue weighted by Crippen LogP contribution is 2.18. The summed E-state index contributed by atoms with van der Waals surface area (Å²) < 4.78 is 0. The summed E-state index contributed by atoms with van der Waals surface area (Å²) in [4.78, 5) is 13.8. The lowest BCUT2D eigenvalue weighted by Gasteiger charge is -2.17. The molecule has 4 nitrogen and oxygen atoms in total. The Kier molecular flexibility index (Phi) is 5.81. The standard InChI is InChI=1S/C17H25N3O/c1-3-14-6-5-7-15(10-14)12-20-9-8-16(13-20)11-19-17(21)18-4-2/h3,5-7,10,16H,1,4,8-9,11-13H2,2H3,(H2,18,19,21)/t16-/m1/s1. The average Bonchev–Trinajstić information content (AvgIpc) is 2.93. The van der Waals surface area contributed by atoms with Gasteiger partial charge in [0.1, 0.15) is 0 Å². The van der Waals surface area contributed by atoms with Crippen molar-refractivity contribution in [2.75, 3.05) is 26.2 Å². The number of benzene rings is 1. The fraction of sp³-hybridized carbons (Fsp3) is 0.471. The van der Waals surface area contributed by atoms with E-state index in [9.17, 15) is 4.79 Å². The predicted octanol–water partition coefficient (Wildman–Crippen LogP) is 2.47. The molecule has 114 valence electrons. The Hall–Kier alpha value is -1.81. The number of carbonyl (C=O) groups excluding carboxylic acids is 1. The summed E-state index contributed by atoms with van der Waals surface area (Å²) in [7, 11) is 0. The lowest BCUT2D eigenvalue weighted by Crippen LogP contribution is -2.38. The molecular formula is C17H25N3O. The van der Waals surface area contributed by atoms with Crippen LogP contribution in [0.15, 0.2) is 30.8 Å². The fourth-order valence-electron chi connectivity index (χ4n) is 2.76. The van der Waals surface area contributed by atoms with E-state index in [1.807, 2.05) is 13.0 Å². The third kappa shape index (κ3) is 4.90. The number of rotatable bonds is 6. The normalized spacial score (nSPS) is 18.4. The Morgan fingerprint density at radius 2 is 2.33 bits per heavy atom. The van der Waals surface area contributed by atoms with Gasteiger partial charge in [-0.3, -0.25) is 4.90 Å². The molecule has 0 saturated carbocycles. The number of likely N-dealkylation sites (tertiary alicyclic amines) is 1. The van der Waals surface area contributed by atoms with Crippen molar-refractivity contribution in [2.45, 2.75) is 19.9 Å². The molecular weight excluding hydrogens is 262 g/mol. The summed E-state index contributed by atoms with van der Waals surface area (Å²) in [5.41, 5.74) is 2.49. The van der Waals surface area contributed by atoms with Crippen molar-refractivity contribution < 1.29 is 4.79 Å². The molecule has 1 aromatic rings. The first kappa shape index (κ1) is 15.6. The maximum atomic E-state index is 11.4. The van der Waals surface area contributed by atoms with Crippen molar-refractivity contribution in [2.24, 2.45) is 5.92 Å². The monoisotopic (exact) mass is 287 g/mol. The number of nitrogens with one attached hydrogen (secondary N) is 2.